The van der Waals surface area contributed by atoms with E-state index in [-0.39, 0.29) is 16.9 Å². The second-order valence-electron chi connectivity index (χ2n) is 9.22. The first-order chi connectivity index (χ1) is 20.2. The van der Waals surface area contributed by atoms with Crippen molar-refractivity contribution in [2.24, 2.45) is 12.8 Å². The maximum atomic E-state index is 13.5. The van der Waals surface area contributed by atoms with Crippen molar-refractivity contribution < 1.29 is 4.79 Å². The lowest BCUT2D eigenvalue weighted by atomic mass is 10.1. The van der Waals surface area contributed by atoms with E-state index in [4.69, 9.17) is 16.5 Å². The SMILES string of the molecule is C=CCNc1c(C(N)=O)c(N)nn1C.CCc1nc2cccc(C#Cc3sc(C)nc3C)c2c(=O)n1-c1ccccc1. The van der Waals surface area contributed by atoms with Gasteiger partial charge in [-0.3, -0.25) is 18.8 Å². The number of aromatic nitrogens is 5. The highest BCUT2D eigenvalue weighted by Crippen LogP contribution is 2.20. The summed E-state index contributed by atoms with van der Waals surface area (Å²) in [6.45, 7) is 9.99. The van der Waals surface area contributed by atoms with Gasteiger partial charge in [0.25, 0.3) is 11.5 Å². The number of nitrogen functional groups attached to an aromatic ring is 1. The minimum Gasteiger partial charge on any atom is -0.381 e. The molecule has 0 atom stereocenters. The van der Waals surface area contributed by atoms with Crippen molar-refractivity contribution in [1.82, 2.24) is 24.3 Å². The van der Waals surface area contributed by atoms with E-state index in [0.29, 0.717) is 35.2 Å². The highest BCUT2D eigenvalue weighted by Gasteiger charge is 2.18. The zero-order valence-electron chi connectivity index (χ0n) is 23.9. The van der Waals surface area contributed by atoms with Crippen molar-refractivity contribution >= 4 is 39.8 Å². The number of carbonyl (C=O) groups is 1. The van der Waals surface area contributed by atoms with Crippen molar-refractivity contribution in [3.63, 3.8) is 0 Å². The van der Waals surface area contributed by atoms with Crippen molar-refractivity contribution in [2.75, 3.05) is 17.6 Å². The molecule has 0 aliphatic rings. The van der Waals surface area contributed by atoms with Crippen LogP contribution in [-0.4, -0.2) is 36.8 Å². The summed E-state index contributed by atoms with van der Waals surface area (Å²) < 4.78 is 3.16. The Morgan fingerprint density at radius 2 is 1.86 bits per heavy atom. The van der Waals surface area contributed by atoms with Gasteiger partial charge in [-0.2, -0.15) is 5.10 Å². The average Bonchev–Trinajstić information content (AvgIpc) is 3.45. The Labute approximate surface area is 247 Å². The van der Waals surface area contributed by atoms with Crippen LogP contribution in [0.3, 0.4) is 0 Å². The molecular weight excluding hydrogens is 548 g/mol. The summed E-state index contributed by atoms with van der Waals surface area (Å²) in [6, 6.07) is 15.3. The zero-order chi connectivity index (χ0) is 30.4. The molecule has 1 amide bonds. The summed E-state index contributed by atoms with van der Waals surface area (Å²) in [7, 11) is 1.67. The van der Waals surface area contributed by atoms with Gasteiger partial charge in [-0.15, -0.1) is 17.9 Å². The third-order valence-corrected chi connectivity index (χ3v) is 7.23. The average molecular weight is 581 g/mol. The van der Waals surface area contributed by atoms with Gasteiger partial charge >= 0.3 is 0 Å². The molecule has 0 spiro atoms. The zero-order valence-corrected chi connectivity index (χ0v) is 24.7. The van der Waals surface area contributed by atoms with Gasteiger partial charge in [-0.05, 0) is 44.0 Å². The quantitative estimate of drug-likeness (QED) is 0.202. The number of aryl methyl sites for hydroxylation is 4. The van der Waals surface area contributed by atoms with E-state index in [2.05, 4.69) is 33.8 Å². The molecule has 5 rings (SSSR count). The Bertz CT molecular complexity index is 1890. The summed E-state index contributed by atoms with van der Waals surface area (Å²) in [5.74, 6) is 7.15. The predicted octanol–water partition coefficient (Wildman–Crippen LogP) is 4.12. The summed E-state index contributed by atoms with van der Waals surface area (Å²) in [6.07, 6.45) is 2.32. The third-order valence-electron chi connectivity index (χ3n) is 6.25. The highest BCUT2D eigenvalue weighted by atomic mass is 32.1. The fraction of sp³-hybridized carbons (Fsp3) is 0.194. The number of nitrogens with two attached hydrogens (primary N) is 2. The molecule has 0 bridgehead atoms. The normalized spacial score (nSPS) is 10.4. The largest absolute Gasteiger partial charge is 0.381 e. The molecule has 0 unspecified atom stereocenters. The Kier molecular flexibility index (Phi) is 9.19. The molecule has 10 nitrogen and oxygen atoms in total. The van der Waals surface area contributed by atoms with Gasteiger partial charge in [0, 0.05) is 25.6 Å². The van der Waals surface area contributed by atoms with Crippen molar-refractivity contribution in [3.05, 3.63) is 104 Å². The summed E-state index contributed by atoms with van der Waals surface area (Å²) in [4.78, 5) is 34.6. The topological polar surface area (TPSA) is 147 Å². The molecule has 3 aromatic heterocycles. The van der Waals surface area contributed by atoms with Gasteiger partial charge in [0.05, 0.1) is 27.3 Å². The number of carbonyl (C=O) groups excluding carboxylic acids is 1. The number of hydrogen-bond acceptors (Lipinski definition) is 8. The smallest absolute Gasteiger partial charge is 0.267 e. The monoisotopic (exact) mass is 580 g/mol. The van der Waals surface area contributed by atoms with Crippen molar-refractivity contribution in [1.29, 1.82) is 0 Å². The lowest BCUT2D eigenvalue weighted by Gasteiger charge is -2.13. The van der Waals surface area contributed by atoms with Crippen LogP contribution >= 0.6 is 11.3 Å². The third kappa shape index (κ3) is 6.24. The van der Waals surface area contributed by atoms with E-state index in [0.717, 1.165) is 27.1 Å². The van der Waals surface area contributed by atoms with Crippen LogP contribution in [-0.2, 0) is 13.5 Å². The molecule has 5 aromatic rings. The van der Waals surface area contributed by atoms with E-state index >= 15 is 0 Å². The number of benzene rings is 2. The lowest BCUT2D eigenvalue weighted by molar-refractivity contribution is 0.100. The lowest BCUT2D eigenvalue weighted by Crippen LogP contribution is -2.24. The van der Waals surface area contributed by atoms with Gasteiger partial charge in [0.1, 0.15) is 22.1 Å². The van der Waals surface area contributed by atoms with E-state index in [1.54, 1.807) is 29.0 Å². The second kappa shape index (κ2) is 13.0. The number of nitrogens with zero attached hydrogens (tertiary/aromatic N) is 5. The molecule has 42 heavy (non-hydrogen) atoms. The van der Waals surface area contributed by atoms with Crippen LogP contribution in [0.15, 0.2) is 66.0 Å². The van der Waals surface area contributed by atoms with Crippen molar-refractivity contribution in [2.45, 2.75) is 27.2 Å². The molecule has 0 saturated heterocycles. The predicted molar refractivity (Wildman–Crippen MR) is 169 cm³/mol. The van der Waals surface area contributed by atoms with Crippen LogP contribution in [0.25, 0.3) is 16.6 Å². The van der Waals surface area contributed by atoms with Gasteiger partial charge in [-0.1, -0.05) is 43.2 Å². The standard InChI is InChI=1S/C23H19N3OS.C8H13N5O/c1-4-21-25-19-12-8-9-17(13-14-20-15(2)24-16(3)28-20)22(19)23(27)26(21)18-10-6-5-7-11-18;1-3-4-11-8-5(7(10)14)6(9)12-13(8)2/h5-12H,4H2,1-3H3;3,11H,1,4H2,2H3,(H2,9,12)(H2,10,14). The minimum absolute atomic E-state index is 0.0878. The number of amides is 1. The molecule has 3 heterocycles. The molecule has 0 aliphatic heterocycles. The summed E-state index contributed by atoms with van der Waals surface area (Å²) >= 11 is 1.57. The van der Waals surface area contributed by atoms with Crippen LogP contribution in [0.1, 0.15) is 44.2 Å². The first-order valence-corrected chi connectivity index (χ1v) is 14.0. The number of thiazole rings is 1. The van der Waals surface area contributed by atoms with E-state index in [1.807, 2.05) is 69.3 Å². The van der Waals surface area contributed by atoms with Crippen LogP contribution in [0.4, 0.5) is 11.6 Å². The van der Waals surface area contributed by atoms with Gasteiger partial charge in [-0.25, -0.2) is 9.97 Å². The first-order valence-electron chi connectivity index (χ1n) is 13.2. The number of primary amides is 1. The van der Waals surface area contributed by atoms with Crippen molar-refractivity contribution in [3.8, 4) is 17.5 Å². The number of hydrogen-bond donors (Lipinski definition) is 3. The fourth-order valence-corrected chi connectivity index (χ4v) is 5.16. The van der Waals surface area contributed by atoms with Gasteiger partial charge in [0.15, 0.2) is 5.82 Å². The van der Waals surface area contributed by atoms with Gasteiger partial charge in [0.2, 0.25) is 0 Å². The molecule has 0 aliphatic carbocycles. The maximum absolute atomic E-state index is 13.5. The molecular formula is C31H32N8O2S. The fourth-order valence-electron chi connectivity index (χ4n) is 4.39. The molecule has 5 N–H and O–H groups in total. The van der Waals surface area contributed by atoms with Crippen LogP contribution in [0.5, 0.6) is 0 Å². The number of para-hydroxylation sites is 1. The Hall–Kier alpha value is -5.21. The van der Waals surface area contributed by atoms with E-state index in [1.165, 1.54) is 4.68 Å². The molecule has 2 aromatic carbocycles. The number of anilines is 2. The Morgan fingerprint density at radius 3 is 2.48 bits per heavy atom. The maximum Gasteiger partial charge on any atom is 0.267 e. The summed E-state index contributed by atoms with van der Waals surface area (Å²) in [5, 5.41) is 8.35. The number of nitrogens with one attached hydrogen (secondary N) is 1. The number of rotatable bonds is 6. The summed E-state index contributed by atoms with van der Waals surface area (Å²) in [5.41, 5.74) is 13.9. The van der Waals surface area contributed by atoms with E-state index in [9.17, 15) is 9.59 Å². The van der Waals surface area contributed by atoms with Crippen LogP contribution < -0.4 is 22.3 Å². The van der Waals surface area contributed by atoms with Gasteiger partial charge < -0.3 is 16.8 Å². The Morgan fingerprint density at radius 1 is 1.12 bits per heavy atom. The first kappa shape index (κ1) is 29.8. The highest BCUT2D eigenvalue weighted by molar-refractivity contribution is 7.12. The second-order valence-corrected chi connectivity index (χ2v) is 10.4. The van der Waals surface area contributed by atoms with E-state index < -0.39 is 5.91 Å². The number of fused-ring (bicyclic) bond motifs is 1. The molecule has 214 valence electrons. The minimum atomic E-state index is -0.595. The molecule has 0 saturated carbocycles. The Balaban J connectivity index is 0.000000244. The molecule has 0 fully saturated rings. The van der Waals surface area contributed by atoms with Crippen LogP contribution in [0.2, 0.25) is 0 Å². The molecule has 11 heteroatoms. The molecule has 0 radical (unpaired) electrons. The van der Waals surface area contributed by atoms with Crippen LogP contribution in [0, 0.1) is 25.7 Å².